The van der Waals surface area contributed by atoms with Gasteiger partial charge in [-0.2, -0.15) is 0 Å². The lowest BCUT2D eigenvalue weighted by molar-refractivity contribution is 0.0446. The number of likely N-dealkylation sites (tertiary alicyclic amines) is 1. The molecule has 0 spiro atoms. The topological polar surface area (TPSA) is 15.3 Å². The molecule has 18 heavy (non-hydrogen) atoms. The standard InChI is InChI=1S/C16H30N2/c1-15(2)7-5-13(6-8-15)18-11-12-9-17-10-14(12)16(18,3)4/h12-14,17H,5-11H2,1-4H3. The van der Waals surface area contributed by atoms with Gasteiger partial charge in [0.2, 0.25) is 0 Å². The summed E-state index contributed by atoms with van der Waals surface area (Å²) in [5.41, 5.74) is 1.01. The summed E-state index contributed by atoms with van der Waals surface area (Å²) in [5.74, 6) is 1.79. The fourth-order valence-electron chi connectivity index (χ4n) is 4.77. The smallest absolute Gasteiger partial charge is 0.0200 e. The first-order valence-corrected chi connectivity index (χ1v) is 7.88. The van der Waals surface area contributed by atoms with E-state index in [0.717, 1.165) is 17.9 Å². The van der Waals surface area contributed by atoms with Crippen LogP contribution in [0.1, 0.15) is 53.4 Å². The molecule has 2 atom stereocenters. The number of fused-ring (bicyclic) bond motifs is 1. The average Bonchev–Trinajstić information content (AvgIpc) is 2.82. The van der Waals surface area contributed by atoms with Gasteiger partial charge in [-0.25, -0.2) is 0 Å². The van der Waals surface area contributed by atoms with Crippen LogP contribution in [-0.2, 0) is 0 Å². The first kappa shape index (κ1) is 12.9. The van der Waals surface area contributed by atoms with E-state index in [1.165, 1.54) is 45.3 Å². The van der Waals surface area contributed by atoms with Crippen LogP contribution in [0.4, 0.5) is 0 Å². The summed E-state index contributed by atoms with van der Waals surface area (Å²) in [4.78, 5) is 2.87. The highest BCUT2D eigenvalue weighted by Gasteiger charge is 2.51. The summed E-state index contributed by atoms with van der Waals surface area (Å²) in [6.07, 6.45) is 5.67. The number of hydrogen-bond acceptors (Lipinski definition) is 2. The van der Waals surface area contributed by atoms with E-state index in [9.17, 15) is 0 Å². The van der Waals surface area contributed by atoms with Crippen molar-refractivity contribution in [1.29, 1.82) is 0 Å². The highest BCUT2D eigenvalue weighted by atomic mass is 15.3. The third-order valence-electron chi connectivity index (χ3n) is 6.17. The fraction of sp³-hybridized carbons (Fsp3) is 1.00. The molecule has 104 valence electrons. The molecule has 0 bridgehead atoms. The quantitative estimate of drug-likeness (QED) is 0.770. The first-order chi connectivity index (χ1) is 8.40. The predicted octanol–water partition coefficient (Wildman–Crippen LogP) is 2.89. The van der Waals surface area contributed by atoms with Crippen molar-refractivity contribution in [3.63, 3.8) is 0 Å². The Morgan fingerprint density at radius 3 is 2.28 bits per heavy atom. The van der Waals surface area contributed by atoms with Crippen LogP contribution in [0, 0.1) is 17.3 Å². The molecule has 0 aromatic carbocycles. The van der Waals surface area contributed by atoms with E-state index in [1.54, 1.807) is 0 Å². The lowest BCUT2D eigenvalue weighted by Gasteiger charge is -2.45. The van der Waals surface area contributed by atoms with Crippen LogP contribution in [-0.4, -0.2) is 36.1 Å². The van der Waals surface area contributed by atoms with Gasteiger partial charge in [0.1, 0.15) is 0 Å². The monoisotopic (exact) mass is 250 g/mol. The van der Waals surface area contributed by atoms with Gasteiger partial charge in [-0.1, -0.05) is 13.8 Å². The van der Waals surface area contributed by atoms with Crippen molar-refractivity contribution in [2.75, 3.05) is 19.6 Å². The number of rotatable bonds is 1. The molecular formula is C16H30N2. The van der Waals surface area contributed by atoms with Gasteiger partial charge in [0.15, 0.2) is 0 Å². The van der Waals surface area contributed by atoms with Crippen LogP contribution in [0.3, 0.4) is 0 Å². The summed E-state index contributed by atoms with van der Waals surface area (Å²) >= 11 is 0. The van der Waals surface area contributed by atoms with Crippen LogP contribution < -0.4 is 5.32 Å². The van der Waals surface area contributed by atoms with E-state index in [4.69, 9.17) is 0 Å². The van der Waals surface area contributed by atoms with Crippen molar-refractivity contribution in [3.05, 3.63) is 0 Å². The van der Waals surface area contributed by atoms with Gasteiger partial charge in [0, 0.05) is 24.7 Å². The van der Waals surface area contributed by atoms with Crippen LogP contribution in [0.5, 0.6) is 0 Å². The summed E-state index contributed by atoms with van der Waals surface area (Å²) in [7, 11) is 0. The maximum Gasteiger partial charge on any atom is 0.0200 e. The third kappa shape index (κ3) is 2.02. The molecule has 2 nitrogen and oxygen atoms in total. The molecule has 2 unspecified atom stereocenters. The zero-order chi connectivity index (χ0) is 13.0. The van der Waals surface area contributed by atoms with Crippen molar-refractivity contribution in [2.45, 2.75) is 65.0 Å². The minimum Gasteiger partial charge on any atom is -0.316 e. The second-order valence-electron chi connectivity index (χ2n) is 8.23. The molecule has 1 N–H and O–H groups in total. The second kappa shape index (κ2) is 4.21. The SMILES string of the molecule is CC1(C)CCC(N2CC3CNCC3C2(C)C)CC1. The first-order valence-electron chi connectivity index (χ1n) is 7.88. The Kier molecular flexibility index (Phi) is 3.02. The molecule has 3 aliphatic rings. The maximum absolute atomic E-state index is 3.59. The Labute approximate surface area is 113 Å². The van der Waals surface area contributed by atoms with E-state index in [0.29, 0.717) is 11.0 Å². The van der Waals surface area contributed by atoms with Gasteiger partial charge in [-0.3, -0.25) is 4.90 Å². The fourth-order valence-corrected chi connectivity index (χ4v) is 4.77. The summed E-state index contributed by atoms with van der Waals surface area (Å²) in [6, 6.07) is 0.860. The highest BCUT2D eigenvalue weighted by molar-refractivity contribution is 5.06. The second-order valence-corrected chi connectivity index (χ2v) is 8.23. The van der Waals surface area contributed by atoms with Crippen molar-refractivity contribution >= 4 is 0 Å². The van der Waals surface area contributed by atoms with Crippen molar-refractivity contribution in [1.82, 2.24) is 10.2 Å². The minimum atomic E-state index is 0.417. The predicted molar refractivity (Wildman–Crippen MR) is 76.7 cm³/mol. The van der Waals surface area contributed by atoms with Gasteiger partial charge in [0.25, 0.3) is 0 Å². The molecule has 2 aliphatic heterocycles. The van der Waals surface area contributed by atoms with Gasteiger partial charge in [-0.15, -0.1) is 0 Å². The molecule has 1 aliphatic carbocycles. The van der Waals surface area contributed by atoms with Crippen LogP contribution in [0.2, 0.25) is 0 Å². The minimum absolute atomic E-state index is 0.417. The van der Waals surface area contributed by atoms with Gasteiger partial charge in [-0.05, 0) is 63.3 Å². The summed E-state index contributed by atoms with van der Waals surface area (Å²) in [5, 5.41) is 3.59. The number of nitrogens with one attached hydrogen (secondary N) is 1. The lowest BCUT2D eigenvalue weighted by Crippen LogP contribution is -2.51. The van der Waals surface area contributed by atoms with Crippen LogP contribution in [0.25, 0.3) is 0 Å². The zero-order valence-corrected chi connectivity index (χ0v) is 12.6. The third-order valence-corrected chi connectivity index (χ3v) is 6.17. The Morgan fingerprint density at radius 1 is 1.00 bits per heavy atom. The largest absolute Gasteiger partial charge is 0.316 e. The molecule has 3 fully saturated rings. The van der Waals surface area contributed by atoms with Gasteiger partial charge < -0.3 is 5.32 Å². The average molecular weight is 250 g/mol. The Morgan fingerprint density at radius 2 is 1.67 bits per heavy atom. The number of nitrogens with zero attached hydrogens (tertiary/aromatic N) is 1. The van der Waals surface area contributed by atoms with Crippen molar-refractivity contribution in [2.24, 2.45) is 17.3 Å². The van der Waals surface area contributed by atoms with E-state index >= 15 is 0 Å². The Balaban J connectivity index is 1.70. The molecule has 2 heteroatoms. The molecule has 1 saturated carbocycles. The zero-order valence-electron chi connectivity index (χ0n) is 12.6. The molecule has 0 aromatic rings. The molecule has 0 aromatic heterocycles. The van der Waals surface area contributed by atoms with Crippen LogP contribution >= 0.6 is 0 Å². The molecular weight excluding hydrogens is 220 g/mol. The highest BCUT2D eigenvalue weighted by Crippen LogP contribution is 2.46. The van der Waals surface area contributed by atoms with E-state index < -0.39 is 0 Å². The summed E-state index contributed by atoms with van der Waals surface area (Å²) < 4.78 is 0. The molecule has 2 saturated heterocycles. The maximum atomic E-state index is 3.59. The van der Waals surface area contributed by atoms with E-state index in [-0.39, 0.29) is 0 Å². The van der Waals surface area contributed by atoms with Gasteiger partial charge >= 0.3 is 0 Å². The van der Waals surface area contributed by atoms with Crippen molar-refractivity contribution < 1.29 is 0 Å². The molecule has 3 rings (SSSR count). The normalized spacial score (nSPS) is 40.0. The molecule has 2 heterocycles. The molecule has 0 amide bonds. The van der Waals surface area contributed by atoms with Gasteiger partial charge in [0.05, 0.1) is 0 Å². The molecule has 0 radical (unpaired) electrons. The van der Waals surface area contributed by atoms with E-state index in [2.05, 4.69) is 37.9 Å². The number of hydrogen-bond donors (Lipinski definition) is 1. The Hall–Kier alpha value is -0.0800. The van der Waals surface area contributed by atoms with E-state index in [1.807, 2.05) is 0 Å². The van der Waals surface area contributed by atoms with Crippen molar-refractivity contribution in [3.8, 4) is 0 Å². The van der Waals surface area contributed by atoms with Crippen LogP contribution in [0.15, 0.2) is 0 Å². The lowest BCUT2D eigenvalue weighted by atomic mass is 9.74. The Bertz CT molecular complexity index is 311. The summed E-state index contributed by atoms with van der Waals surface area (Å²) in [6.45, 7) is 13.7.